The molecular weight excluding hydrogens is 725 g/mol. The zero-order valence-electron chi connectivity index (χ0n) is 32.8. The lowest BCUT2D eigenvalue weighted by Crippen LogP contribution is -2.10. The molecule has 0 aliphatic rings. The second-order valence-electron chi connectivity index (χ2n) is 15.7. The average molecular weight is 763 g/mol. The summed E-state index contributed by atoms with van der Waals surface area (Å²) in [6.07, 6.45) is 0. The average Bonchev–Trinajstić information content (AvgIpc) is 3.66. The zero-order chi connectivity index (χ0) is 39.6. The Hall–Kier alpha value is -7.94. The quantitative estimate of drug-likeness (QED) is 0.153. The van der Waals surface area contributed by atoms with E-state index in [2.05, 4.69) is 240 Å². The molecule has 0 radical (unpaired) electrons. The molecule has 60 heavy (non-hydrogen) atoms. The predicted molar refractivity (Wildman–Crippen MR) is 256 cm³/mol. The van der Waals surface area contributed by atoms with Crippen LogP contribution in [0.2, 0.25) is 0 Å². The molecule has 2 nitrogen and oxygen atoms in total. The molecule has 12 aromatic rings. The van der Waals surface area contributed by atoms with E-state index in [1.165, 1.54) is 87.1 Å². The molecule has 2 heteroatoms. The van der Waals surface area contributed by atoms with Crippen molar-refractivity contribution in [2.75, 3.05) is 4.90 Å². The third-order valence-electron chi connectivity index (χ3n) is 12.3. The Morgan fingerprint density at radius 2 is 0.833 bits per heavy atom. The molecule has 1 heterocycles. The molecule has 0 N–H and O–H groups in total. The lowest BCUT2D eigenvalue weighted by atomic mass is 9.97. The standard InChI is InChI=1S/C58H38N2/c1-2-15-46(16-3-1)60-56-22-9-8-20-55(56)58-54(21-11-23-57(58)60)43-14-10-17-48(37-43)59(49-33-35-53-45(38-49)27-25-41-13-5-7-19-51(41)53)47-31-28-39(29-32-47)42-30-34-52-44(36-42)26-24-40-12-4-6-18-50(40)52/h1-38H. The summed E-state index contributed by atoms with van der Waals surface area (Å²) >= 11 is 0. The summed E-state index contributed by atoms with van der Waals surface area (Å²) in [5.74, 6) is 0. The molecule has 0 fully saturated rings. The van der Waals surface area contributed by atoms with Crippen LogP contribution < -0.4 is 4.90 Å². The van der Waals surface area contributed by atoms with Gasteiger partial charge in [-0.1, -0.05) is 164 Å². The van der Waals surface area contributed by atoms with Crippen LogP contribution in [0.4, 0.5) is 17.1 Å². The van der Waals surface area contributed by atoms with Crippen molar-refractivity contribution in [1.29, 1.82) is 0 Å². The van der Waals surface area contributed by atoms with Crippen LogP contribution in [0.1, 0.15) is 0 Å². The number of fused-ring (bicyclic) bond motifs is 9. The predicted octanol–water partition coefficient (Wildman–Crippen LogP) is 16.2. The van der Waals surface area contributed by atoms with Gasteiger partial charge in [0.2, 0.25) is 0 Å². The number of para-hydroxylation sites is 2. The van der Waals surface area contributed by atoms with Gasteiger partial charge in [0.05, 0.1) is 11.0 Å². The number of hydrogen-bond acceptors (Lipinski definition) is 1. The third kappa shape index (κ3) is 5.57. The third-order valence-corrected chi connectivity index (χ3v) is 12.3. The van der Waals surface area contributed by atoms with Gasteiger partial charge in [-0.15, -0.1) is 0 Å². The molecule has 280 valence electrons. The number of nitrogens with zero attached hydrogens (tertiary/aromatic N) is 2. The maximum Gasteiger partial charge on any atom is 0.0547 e. The topological polar surface area (TPSA) is 8.17 Å². The molecule has 12 rings (SSSR count). The van der Waals surface area contributed by atoms with Crippen molar-refractivity contribution in [2.24, 2.45) is 0 Å². The van der Waals surface area contributed by atoms with Gasteiger partial charge in [-0.25, -0.2) is 0 Å². The molecular formula is C58H38N2. The summed E-state index contributed by atoms with van der Waals surface area (Å²) in [4.78, 5) is 2.40. The summed E-state index contributed by atoms with van der Waals surface area (Å²) < 4.78 is 2.39. The van der Waals surface area contributed by atoms with Crippen LogP contribution >= 0.6 is 0 Å². The van der Waals surface area contributed by atoms with Crippen LogP contribution in [-0.2, 0) is 0 Å². The SMILES string of the molecule is c1ccc(-n2c3ccccc3c3c(-c4cccc(N(c5ccc(-c6ccc7c(ccc8ccccc87)c6)cc5)c5ccc6c(ccc7ccccc76)c5)c4)cccc32)cc1. The van der Waals surface area contributed by atoms with E-state index in [1.54, 1.807) is 0 Å². The van der Waals surface area contributed by atoms with Gasteiger partial charge in [0, 0.05) is 33.5 Å². The van der Waals surface area contributed by atoms with Crippen molar-refractivity contribution in [1.82, 2.24) is 4.57 Å². The van der Waals surface area contributed by atoms with E-state index in [-0.39, 0.29) is 0 Å². The normalized spacial score (nSPS) is 11.7. The van der Waals surface area contributed by atoms with Crippen LogP contribution in [-0.4, -0.2) is 4.57 Å². The molecule has 0 spiro atoms. The van der Waals surface area contributed by atoms with E-state index >= 15 is 0 Å². The highest BCUT2D eigenvalue weighted by Gasteiger charge is 2.19. The monoisotopic (exact) mass is 762 g/mol. The lowest BCUT2D eigenvalue weighted by molar-refractivity contribution is 1.18. The fourth-order valence-corrected chi connectivity index (χ4v) is 9.51. The van der Waals surface area contributed by atoms with Gasteiger partial charge in [-0.05, 0) is 132 Å². The Morgan fingerprint density at radius 3 is 1.60 bits per heavy atom. The zero-order valence-corrected chi connectivity index (χ0v) is 32.8. The van der Waals surface area contributed by atoms with Crippen molar-refractivity contribution in [3.8, 4) is 27.9 Å². The van der Waals surface area contributed by atoms with Crippen molar-refractivity contribution >= 4 is 82.0 Å². The Balaban J connectivity index is 1.01. The number of anilines is 3. The molecule has 0 saturated heterocycles. The van der Waals surface area contributed by atoms with E-state index in [0.717, 1.165) is 22.7 Å². The second-order valence-corrected chi connectivity index (χ2v) is 15.7. The number of hydrogen-bond donors (Lipinski definition) is 0. The summed E-state index contributed by atoms with van der Waals surface area (Å²) in [7, 11) is 0. The lowest BCUT2D eigenvalue weighted by Gasteiger charge is -2.27. The summed E-state index contributed by atoms with van der Waals surface area (Å²) in [5.41, 5.74) is 11.6. The first-order valence-corrected chi connectivity index (χ1v) is 20.7. The Bertz CT molecular complexity index is 3600. The molecule has 0 atom stereocenters. The van der Waals surface area contributed by atoms with E-state index in [1.807, 2.05) is 0 Å². The number of benzene rings is 11. The van der Waals surface area contributed by atoms with E-state index < -0.39 is 0 Å². The van der Waals surface area contributed by atoms with E-state index in [4.69, 9.17) is 0 Å². The number of rotatable bonds is 6. The van der Waals surface area contributed by atoms with Crippen LogP contribution in [0.15, 0.2) is 231 Å². The van der Waals surface area contributed by atoms with Crippen molar-refractivity contribution in [3.63, 3.8) is 0 Å². The first-order valence-electron chi connectivity index (χ1n) is 20.7. The summed E-state index contributed by atoms with van der Waals surface area (Å²) in [6, 6.07) is 84.3. The van der Waals surface area contributed by atoms with Crippen molar-refractivity contribution < 1.29 is 0 Å². The van der Waals surface area contributed by atoms with Gasteiger partial charge < -0.3 is 9.47 Å². The second kappa shape index (κ2) is 13.9. The van der Waals surface area contributed by atoms with Crippen LogP contribution in [0, 0.1) is 0 Å². The van der Waals surface area contributed by atoms with E-state index in [0.29, 0.717) is 0 Å². The molecule has 0 amide bonds. The molecule has 1 aromatic heterocycles. The molecule has 0 unspecified atom stereocenters. The van der Waals surface area contributed by atoms with Crippen LogP contribution in [0.3, 0.4) is 0 Å². The molecule has 0 aliphatic heterocycles. The Kier molecular flexibility index (Phi) is 7.89. The van der Waals surface area contributed by atoms with Crippen molar-refractivity contribution in [3.05, 3.63) is 231 Å². The minimum atomic E-state index is 1.10. The smallest absolute Gasteiger partial charge is 0.0547 e. The Morgan fingerprint density at radius 1 is 0.283 bits per heavy atom. The minimum Gasteiger partial charge on any atom is -0.310 e. The Labute approximate surface area is 348 Å². The van der Waals surface area contributed by atoms with Crippen LogP contribution in [0.25, 0.3) is 92.8 Å². The van der Waals surface area contributed by atoms with Crippen molar-refractivity contribution in [2.45, 2.75) is 0 Å². The van der Waals surface area contributed by atoms with Gasteiger partial charge in [-0.2, -0.15) is 0 Å². The van der Waals surface area contributed by atoms with Gasteiger partial charge in [0.25, 0.3) is 0 Å². The summed E-state index contributed by atoms with van der Waals surface area (Å²) in [6.45, 7) is 0. The van der Waals surface area contributed by atoms with Gasteiger partial charge >= 0.3 is 0 Å². The van der Waals surface area contributed by atoms with Gasteiger partial charge in [0.15, 0.2) is 0 Å². The summed E-state index contributed by atoms with van der Waals surface area (Å²) in [5, 5.41) is 12.6. The maximum atomic E-state index is 2.40. The minimum absolute atomic E-state index is 1.10. The number of aromatic nitrogens is 1. The van der Waals surface area contributed by atoms with Gasteiger partial charge in [0.1, 0.15) is 0 Å². The van der Waals surface area contributed by atoms with Gasteiger partial charge in [-0.3, -0.25) is 0 Å². The van der Waals surface area contributed by atoms with Crippen LogP contribution in [0.5, 0.6) is 0 Å². The molecule has 11 aromatic carbocycles. The molecule has 0 saturated carbocycles. The highest BCUT2D eigenvalue weighted by Crippen LogP contribution is 2.43. The molecule has 0 bridgehead atoms. The first kappa shape index (κ1) is 34.1. The highest BCUT2D eigenvalue weighted by molar-refractivity contribution is 6.16. The highest BCUT2D eigenvalue weighted by atomic mass is 15.1. The van der Waals surface area contributed by atoms with E-state index in [9.17, 15) is 0 Å². The maximum absolute atomic E-state index is 2.40. The fourth-order valence-electron chi connectivity index (χ4n) is 9.51. The molecule has 0 aliphatic carbocycles. The first-order chi connectivity index (χ1) is 29.7. The largest absolute Gasteiger partial charge is 0.310 e. The fraction of sp³-hybridized carbons (Fsp3) is 0.